The predicted octanol–water partition coefficient (Wildman–Crippen LogP) is 0.134. The van der Waals surface area contributed by atoms with E-state index in [1.807, 2.05) is 16.8 Å². The van der Waals surface area contributed by atoms with E-state index in [4.69, 9.17) is 4.74 Å². The van der Waals surface area contributed by atoms with Crippen molar-refractivity contribution in [1.29, 1.82) is 0 Å². The molecule has 96 valence electrons. The Hall–Kier alpha value is -0.950. The van der Waals surface area contributed by atoms with Gasteiger partial charge in [-0.2, -0.15) is 11.3 Å². The molecular formula is C11H18N2O3S. The van der Waals surface area contributed by atoms with Crippen LogP contribution in [0.25, 0.3) is 0 Å². The molecular weight excluding hydrogens is 240 g/mol. The first-order valence-corrected chi connectivity index (χ1v) is 6.35. The molecule has 0 aliphatic heterocycles. The second kappa shape index (κ2) is 8.19. The highest BCUT2D eigenvalue weighted by Gasteiger charge is 2.09. The summed E-state index contributed by atoms with van der Waals surface area (Å²) in [7, 11) is 1.61. The van der Waals surface area contributed by atoms with Crippen molar-refractivity contribution in [3.63, 3.8) is 0 Å². The molecule has 6 heteroatoms. The van der Waals surface area contributed by atoms with Crippen LogP contribution in [0.2, 0.25) is 0 Å². The maximum absolute atomic E-state index is 11.4. The van der Waals surface area contributed by atoms with Crippen molar-refractivity contribution < 1.29 is 14.6 Å². The number of methoxy groups -OCH3 is 1. The minimum absolute atomic E-state index is 0.129. The van der Waals surface area contributed by atoms with Crippen LogP contribution >= 0.6 is 11.3 Å². The van der Waals surface area contributed by atoms with Crippen LogP contribution in [-0.2, 0) is 9.53 Å². The zero-order chi connectivity index (χ0) is 12.5. The first-order chi connectivity index (χ1) is 8.24. The number of hydrogen-bond donors (Lipinski definition) is 3. The van der Waals surface area contributed by atoms with E-state index in [9.17, 15) is 9.90 Å². The Bertz CT molecular complexity index is 317. The molecule has 3 N–H and O–H groups in total. The topological polar surface area (TPSA) is 70.6 Å². The summed E-state index contributed by atoms with van der Waals surface area (Å²) >= 11 is 1.52. The zero-order valence-electron chi connectivity index (χ0n) is 9.81. The van der Waals surface area contributed by atoms with Gasteiger partial charge in [0, 0.05) is 20.2 Å². The van der Waals surface area contributed by atoms with Gasteiger partial charge in [0.15, 0.2) is 0 Å². The molecule has 0 radical (unpaired) electrons. The average molecular weight is 258 g/mol. The highest BCUT2D eigenvalue weighted by atomic mass is 32.1. The van der Waals surface area contributed by atoms with Crippen molar-refractivity contribution in [1.82, 2.24) is 10.6 Å². The van der Waals surface area contributed by atoms with Gasteiger partial charge >= 0.3 is 0 Å². The van der Waals surface area contributed by atoms with Gasteiger partial charge in [-0.15, -0.1) is 0 Å². The van der Waals surface area contributed by atoms with Crippen LogP contribution in [0, 0.1) is 0 Å². The Kier molecular flexibility index (Phi) is 6.80. The van der Waals surface area contributed by atoms with Crippen molar-refractivity contribution in [2.24, 2.45) is 0 Å². The molecule has 0 bridgehead atoms. The fourth-order valence-corrected chi connectivity index (χ4v) is 1.94. The summed E-state index contributed by atoms with van der Waals surface area (Å²) in [5.41, 5.74) is 0.836. The van der Waals surface area contributed by atoms with E-state index in [2.05, 4.69) is 10.6 Å². The Morgan fingerprint density at radius 2 is 2.47 bits per heavy atom. The number of carbonyl (C=O) groups excluding carboxylic acids is 1. The smallest absolute Gasteiger partial charge is 0.234 e. The number of carbonyl (C=O) groups is 1. The molecule has 1 amide bonds. The third-order valence-electron chi connectivity index (χ3n) is 2.19. The van der Waals surface area contributed by atoms with E-state index in [-0.39, 0.29) is 19.0 Å². The lowest BCUT2D eigenvalue weighted by Crippen LogP contribution is -2.37. The minimum Gasteiger partial charge on any atom is -0.387 e. The van der Waals surface area contributed by atoms with Crippen LogP contribution in [0.4, 0.5) is 0 Å². The molecule has 0 saturated heterocycles. The van der Waals surface area contributed by atoms with Gasteiger partial charge in [-0.05, 0) is 22.4 Å². The summed E-state index contributed by atoms with van der Waals surface area (Å²) in [5, 5.41) is 19.1. The van der Waals surface area contributed by atoms with Crippen molar-refractivity contribution in [3.8, 4) is 0 Å². The number of amides is 1. The predicted molar refractivity (Wildman–Crippen MR) is 67.0 cm³/mol. The van der Waals surface area contributed by atoms with Crippen LogP contribution in [0.1, 0.15) is 11.7 Å². The second-order valence-corrected chi connectivity index (χ2v) is 4.33. The van der Waals surface area contributed by atoms with Crippen LogP contribution in [0.3, 0.4) is 0 Å². The van der Waals surface area contributed by atoms with Gasteiger partial charge in [-0.1, -0.05) is 0 Å². The third-order valence-corrected chi connectivity index (χ3v) is 2.89. The number of hydrogen-bond acceptors (Lipinski definition) is 5. The average Bonchev–Trinajstić information content (AvgIpc) is 2.85. The number of ether oxygens (including phenoxy) is 1. The fourth-order valence-electron chi connectivity index (χ4n) is 1.23. The number of aliphatic hydroxyl groups excluding tert-OH is 1. The quantitative estimate of drug-likeness (QED) is 0.580. The van der Waals surface area contributed by atoms with Crippen LogP contribution in [0.15, 0.2) is 16.8 Å². The van der Waals surface area contributed by atoms with Gasteiger partial charge in [-0.3, -0.25) is 4.79 Å². The van der Waals surface area contributed by atoms with E-state index in [0.717, 1.165) is 5.56 Å². The van der Waals surface area contributed by atoms with Crippen LogP contribution in [-0.4, -0.2) is 44.4 Å². The van der Waals surface area contributed by atoms with Crippen LogP contribution < -0.4 is 10.6 Å². The minimum atomic E-state index is -0.635. The Balaban J connectivity index is 2.11. The maximum Gasteiger partial charge on any atom is 0.234 e. The summed E-state index contributed by atoms with van der Waals surface area (Å²) in [6, 6.07) is 1.85. The summed E-state index contributed by atoms with van der Waals surface area (Å²) in [6.07, 6.45) is -0.635. The van der Waals surface area contributed by atoms with E-state index < -0.39 is 6.10 Å². The second-order valence-electron chi connectivity index (χ2n) is 3.55. The Morgan fingerprint density at radius 3 is 3.12 bits per heavy atom. The van der Waals surface area contributed by atoms with Crippen molar-refractivity contribution in [3.05, 3.63) is 22.4 Å². The van der Waals surface area contributed by atoms with Gasteiger partial charge in [0.25, 0.3) is 0 Å². The number of thiophene rings is 1. The molecule has 0 aliphatic rings. The summed E-state index contributed by atoms with van der Waals surface area (Å²) in [4.78, 5) is 11.4. The molecule has 1 aromatic heterocycles. The third kappa shape index (κ3) is 5.78. The molecule has 0 aromatic carbocycles. The molecule has 0 spiro atoms. The number of rotatable bonds is 8. The lowest BCUT2D eigenvalue weighted by atomic mass is 10.2. The monoisotopic (exact) mass is 258 g/mol. The normalized spacial score (nSPS) is 12.4. The SMILES string of the molecule is COCCNCC(=O)NCC(O)c1ccsc1. The number of aliphatic hydroxyl groups is 1. The Labute approximate surface area is 105 Å². The summed E-state index contributed by atoms with van der Waals surface area (Å²) in [6.45, 7) is 1.68. The highest BCUT2D eigenvalue weighted by Crippen LogP contribution is 2.14. The van der Waals surface area contributed by atoms with E-state index in [0.29, 0.717) is 13.2 Å². The van der Waals surface area contributed by atoms with Gasteiger partial charge in [-0.25, -0.2) is 0 Å². The van der Waals surface area contributed by atoms with E-state index in [1.54, 1.807) is 7.11 Å². The molecule has 0 fully saturated rings. The van der Waals surface area contributed by atoms with Crippen LogP contribution in [0.5, 0.6) is 0 Å². The van der Waals surface area contributed by atoms with Gasteiger partial charge in [0.2, 0.25) is 5.91 Å². The molecule has 5 nitrogen and oxygen atoms in total. The molecule has 0 aliphatic carbocycles. The van der Waals surface area contributed by atoms with Crippen molar-refractivity contribution in [2.75, 3.05) is 33.4 Å². The van der Waals surface area contributed by atoms with Crippen molar-refractivity contribution >= 4 is 17.2 Å². The van der Waals surface area contributed by atoms with E-state index in [1.165, 1.54) is 11.3 Å². The first kappa shape index (κ1) is 14.1. The molecule has 1 heterocycles. The first-order valence-electron chi connectivity index (χ1n) is 5.40. The summed E-state index contributed by atoms with van der Waals surface area (Å²) < 4.78 is 4.84. The number of nitrogens with one attached hydrogen (secondary N) is 2. The van der Waals surface area contributed by atoms with Gasteiger partial charge in [0.05, 0.1) is 19.3 Å². The molecule has 0 saturated carbocycles. The maximum atomic E-state index is 11.4. The molecule has 1 rings (SSSR count). The molecule has 1 atom stereocenters. The van der Waals surface area contributed by atoms with Crippen molar-refractivity contribution in [2.45, 2.75) is 6.10 Å². The Morgan fingerprint density at radius 1 is 1.65 bits per heavy atom. The summed E-state index contributed by atoms with van der Waals surface area (Å²) in [5.74, 6) is -0.129. The molecule has 1 unspecified atom stereocenters. The van der Waals surface area contributed by atoms with Gasteiger partial charge in [0.1, 0.15) is 0 Å². The highest BCUT2D eigenvalue weighted by molar-refractivity contribution is 7.07. The van der Waals surface area contributed by atoms with E-state index >= 15 is 0 Å². The molecule has 1 aromatic rings. The largest absolute Gasteiger partial charge is 0.387 e. The lowest BCUT2D eigenvalue weighted by Gasteiger charge is -2.10. The lowest BCUT2D eigenvalue weighted by molar-refractivity contribution is -0.120. The van der Waals surface area contributed by atoms with Gasteiger partial charge < -0.3 is 20.5 Å². The molecule has 17 heavy (non-hydrogen) atoms. The fraction of sp³-hybridized carbons (Fsp3) is 0.545. The zero-order valence-corrected chi connectivity index (χ0v) is 10.6. The standard InChI is InChI=1S/C11H18N2O3S/c1-16-4-3-12-7-11(15)13-6-10(14)9-2-5-17-8-9/h2,5,8,10,12,14H,3-4,6-7H2,1H3,(H,13,15).